The molecule has 22 heavy (non-hydrogen) atoms. The summed E-state index contributed by atoms with van der Waals surface area (Å²) in [6.07, 6.45) is 7.16. The van der Waals surface area contributed by atoms with E-state index in [0.29, 0.717) is 0 Å². The lowest BCUT2D eigenvalue weighted by atomic mass is 9.96. The standard InChI is InChI=1S/C22H26/c1-4-6-17-9-11-19(12-10-17)21-8-5-7-20-14-18(13-16(2)3)15-22(20)21/h5,7-12,15-16H,4,6,13-14H2,1-3H3. The molecule has 0 atom stereocenters. The first-order valence-electron chi connectivity index (χ1n) is 8.58. The largest absolute Gasteiger partial charge is 0.0651 e. The van der Waals surface area contributed by atoms with Crippen molar-refractivity contribution < 1.29 is 0 Å². The Morgan fingerprint density at radius 3 is 2.45 bits per heavy atom. The molecule has 0 fully saturated rings. The predicted octanol–water partition coefficient (Wildman–Crippen LogP) is 6.29. The van der Waals surface area contributed by atoms with E-state index in [9.17, 15) is 0 Å². The summed E-state index contributed by atoms with van der Waals surface area (Å²) < 4.78 is 0. The van der Waals surface area contributed by atoms with Crippen LogP contribution in [-0.2, 0) is 12.8 Å². The van der Waals surface area contributed by atoms with Crippen molar-refractivity contribution in [2.75, 3.05) is 0 Å². The molecule has 1 aliphatic carbocycles. The Bertz CT molecular complexity index is 672. The van der Waals surface area contributed by atoms with Crippen LogP contribution in [0.4, 0.5) is 0 Å². The van der Waals surface area contributed by atoms with E-state index in [2.05, 4.69) is 69.3 Å². The van der Waals surface area contributed by atoms with E-state index >= 15 is 0 Å². The van der Waals surface area contributed by atoms with Gasteiger partial charge in [-0.2, -0.15) is 0 Å². The molecule has 0 N–H and O–H groups in total. The average molecular weight is 290 g/mol. The molecular formula is C22H26. The second kappa shape index (κ2) is 6.52. The van der Waals surface area contributed by atoms with Gasteiger partial charge in [0.25, 0.3) is 0 Å². The SMILES string of the molecule is CCCc1ccc(-c2cccc3c2C=C(CC(C)C)C3)cc1. The maximum atomic E-state index is 2.44. The van der Waals surface area contributed by atoms with E-state index in [1.54, 1.807) is 5.57 Å². The van der Waals surface area contributed by atoms with E-state index in [0.717, 1.165) is 12.3 Å². The molecule has 0 nitrogen and oxygen atoms in total. The van der Waals surface area contributed by atoms with Gasteiger partial charge in [-0.3, -0.25) is 0 Å². The van der Waals surface area contributed by atoms with Crippen LogP contribution in [0.2, 0.25) is 0 Å². The molecule has 0 heteroatoms. The molecule has 3 rings (SSSR count). The molecule has 0 heterocycles. The summed E-state index contributed by atoms with van der Waals surface area (Å²) in [5.74, 6) is 0.734. The van der Waals surface area contributed by atoms with E-state index in [1.807, 2.05) is 0 Å². The quantitative estimate of drug-likeness (QED) is 0.607. The highest BCUT2D eigenvalue weighted by Crippen LogP contribution is 2.35. The van der Waals surface area contributed by atoms with Crippen LogP contribution in [0.3, 0.4) is 0 Å². The van der Waals surface area contributed by atoms with Crippen molar-refractivity contribution >= 4 is 6.08 Å². The first-order chi connectivity index (χ1) is 10.7. The van der Waals surface area contributed by atoms with Gasteiger partial charge in [-0.05, 0) is 53.0 Å². The van der Waals surface area contributed by atoms with Gasteiger partial charge >= 0.3 is 0 Å². The molecule has 1 aliphatic rings. The maximum Gasteiger partial charge on any atom is -0.00575 e. The molecular weight excluding hydrogens is 264 g/mol. The molecule has 0 saturated carbocycles. The first kappa shape index (κ1) is 15.1. The van der Waals surface area contributed by atoms with Crippen LogP contribution < -0.4 is 0 Å². The van der Waals surface area contributed by atoms with Gasteiger partial charge in [0.1, 0.15) is 0 Å². The zero-order valence-electron chi connectivity index (χ0n) is 14.0. The number of hydrogen-bond donors (Lipinski definition) is 0. The lowest BCUT2D eigenvalue weighted by Gasteiger charge is -2.09. The monoisotopic (exact) mass is 290 g/mol. The third-order valence-corrected chi connectivity index (χ3v) is 4.44. The summed E-state index contributed by atoms with van der Waals surface area (Å²) >= 11 is 0. The van der Waals surface area contributed by atoms with Crippen molar-refractivity contribution in [3.63, 3.8) is 0 Å². The molecule has 0 saturated heterocycles. The van der Waals surface area contributed by atoms with Crippen LogP contribution in [0, 0.1) is 5.92 Å². The van der Waals surface area contributed by atoms with Crippen molar-refractivity contribution in [3.05, 3.63) is 64.7 Å². The van der Waals surface area contributed by atoms with Gasteiger partial charge in [-0.1, -0.05) is 81.3 Å². The van der Waals surface area contributed by atoms with Crippen molar-refractivity contribution in [1.82, 2.24) is 0 Å². The Balaban J connectivity index is 1.93. The molecule has 0 unspecified atom stereocenters. The molecule has 0 spiro atoms. The zero-order valence-corrected chi connectivity index (χ0v) is 14.0. The van der Waals surface area contributed by atoms with Gasteiger partial charge in [0, 0.05) is 0 Å². The summed E-state index contributed by atoms with van der Waals surface area (Å²) in [5, 5.41) is 0. The third kappa shape index (κ3) is 3.16. The summed E-state index contributed by atoms with van der Waals surface area (Å²) in [6, 6.07) is 15.9. The van der Waals surface area contributed by atoms with Crippen molar-refractivity contribution in [2.24, 2.45) is 5.92 Å². The van der Waals surface area contributed by atoms with Crippen LogP contribution in [0.1, 0.15) is 50.3 Å². The molecule has 0 amide bonds. The summed E-state index contributed by atoms with van der Waals surface area (Å²) in [4.78, 5) is 0. The van der Waals surface area contributed by atoms with E-state index in [4.69, 9.17) is 0 Å². The maximum absolute atomic E-state index is 2.44. The van der Waals surface area contributed by atoms with E-state index in [-0.39, 0.29) is 0 Å². The molecule has 2 aromatic carbocycles. The Morgan fingerprint density at radius 2 is 1.77 bits per heavy atom. The topological polar surface area (TPSA) is 0 Å². The highest BCUT2D eigenvalue weighted by Gasteiger charge is 2.17. The summed E-state index contributed by atoms with van der Waals surface area (Å²) in [6.45, 7) is 6.84. The fourth-order valence-electron chi connectivity index (χ4n) is 3.48. The van der Waals surface area contributed by atoms with Gasteiger partial charge in [0.15, 0.2) is 0 Å². The Morgan fingerprint density at radius 1 is 1.00 bits per heavy atom. The molecule has 2 aromatic rings. The van der Waals surface area contributed by atoms with Crippen LogP contribution in [-0.4, -0.2) is 0 Å². The van der Waals surface area contributed by atoms with Crippen molar-refractivity contribution in [1.29, 1.82) is 0 Å². The lowest BCUT2D eigenvalue weighted by Crippen LogP contribution is -1.91. The highest BCUT2D eigenvalue weighted by atomic mass is 14.2. The Hall–Kier alpha value is -1.82. The lowest BCUT2D eigenvalue weighted by molar-refractivity contribution is 0.638. The summed E-state index contributed by atoms with van der Waals surface area (Å²) in [7, 11) is 0. The van der Waals surface area contributed by atoms with Crippen LogP contribution in [0.25, 0.3) is 17.2 Å². The number of benzene rings is 2. The average Bonchev–Trinajstić information content (AvgIpc) is 2.89. The highest BCUT2D eigenvalue weighted by molar-refractivity contribution is 5.80. The number of fused-ring (bicyclic) bond motifs is 1. The normalized spacial score (nSPS) is 13.4. The minimum Gasteiger partial charge on any atom is -0.0651 e. The van der Waals surface area contributed by atoms with Crippen molar-refractivity contribution in [3.8, 4) is 11.1 Å². The second-order valence-corrected chi connectivity index (χ2v) is 6.90. The van der Waals surface area contributed by atoms with Crippen molar-refractivity contribution in [2.45, 2.75) is 46.5 Å². The van der Waals surface area contributed by atoms with Crippen LogP contribution >= 0.6 is 0 Å². The third-order valence-electron chi connectivity index (χ3n) is 4.44. The number of rotatable bonds is 5. The minimum atomic E-state index is 0.734. The first-order valence-corrected chi connectivity index (χ1v) is 8.58. The molecule has 114 valence electrons. The molecule has 0 aliphatic heterocycles. The Kier molecular flexibility index (Phi) is 4.47. The molecule has 0 radical (unpaired) electrons. The van der Waals surface area contributed by atoms with Gasteiger partial charge in [0.2, 0.25) is 0 Å². The predicted molar refractivity (Wildman–Crippen MR) is 97.0 cm³/mol. The van der Waals surface area contributed by atoms with E-state index < -0.39 is 0 Å². The van der Waals surface area contributed by atoms with Gasteiger partial charge in [-0.25, -0.2) is 0 Å². The number of hydrogen-bond acceptors (Lipinski definition) is 0. The molecule has 0 aromatic heterocycles. The van der Waals surface area contributed by atoms with Crippen LogP contribution in [0.5, 0.6) is 0 Å². The molecule has 0 bridgehead atoms. The minimum absolute atomic E-state index is 0.734. The van der Waals surface area contributed by atoms with Gasteiger partial charge in [-0.15, -0.1) is 0 Å². The fourth-order valence-corrected chi connectivity index (χ4v) is 3.48. The van der Waals surface area contributed by atoms with E-state index in [1.165, 1.54) is 47.1 Å². The fraction of sp³-hybridized carbons (Fsp3) is 0.364. The number of allylic oxidation sites excluding steroid dienone is 1. The van der Waals surface area contributed by atoms with Crippen LogP contribution in [0.15, 0.2) is 48.0 Å². The Labute approximate surface area is 134 Å². The zero-order chi connectivity index (χ0) is 15.5. The second-order valence-electron chi connectivity index (χ2n) is 6.90. The van der Waals surface area contributed by atoms with Gasteiger partial charge in [0.05, 0.1) is 0 Å². The smallest absolute Gasteiger partial charge is 0.00575 e. The van der Waals surface area contributed by atoms with Gasteiger partial charge < -0.3 is 0 Å². The summed E-state index contributed by atoms with van der Waals surface area (Å²) in [5.41, 5.74) is 8.69. The number of aryl methyl sites for hydroxylation is 1.